The molecule has 5 nitrogen and oxygen atoms in total. The molecule has 0 aliphatic rings. The Bertz CT molecular complexity index is 685. The van der Waals surface area contributed by atoms with Gasteiger partial charge in [0.25, 0.3) is 0 Å². The van der Waals surface area contributed by atoms with Crippen LogP contribution in [0.2, 0.25) is 0 Å². The molecule has 0 amide bonds. The molecule has 3 heterocycles. The first kappa shape index (κ1) is 14.6. The molecule has 0 saturated carbocycles. The zero-order valence-corrected chi connectivity index (χ0v) is 12.5. The van der Waals surface area contributed by atoms with Crippen LogP contribution in [0.25, 0.3) is 21.8 Å². The summed E-state index contributed by atoms with van der Waals surface area (Å²) in [6, 6.07) is 3.95. The van der Waals surface area contributed by atoms with Crippen molar-refractivity contribution in [2.75, 3.05) is 6.26 Å². The quantitative estimate of drug-likeness (QED) is 0.588. The fraction of sp³-hybridized carbons (Fsp3) is 0.0769. The highest BCUT2D eigenvalue weighted by molar-refractivity contribution is 7.98. The number of nitrogens with zero attached hydrogens (tertiary/aromatic N) is 4. The second-order valence-corrected chi connectivity index (χ2v) is 5.40. The van der Waals surface area contributed by atoms with Crippen LogP contribution < -0.4 is 6.15 Å². The minimum atomic E-state index is 0. The summed E-state index contributed by atoms with van der Waals surface area (Å²) >= 11 is 3.13. The highest BCUT2D eigenvalue weighted by Gasteiger charge is 2.06. The number of rotatable bonds is 3. The van der Waals surface area contributed by atoms with Gasteiger partial charge in [-0.2, -0.15) is 0 Å². The predicted octanol–water partition coefficient (Wildman–Crippen LogP) is 3.55. The van der Waals surface area contributed by atoms with Crippen molar-refractivity contribution < 1.29 is 0 Å². The van der Waals surface area contributed by atoms with Gasteiger partial charge in [-0.05, 0) is 18.4 Å². The monoisotopic (exact) mass is 303 g/mol. The van der Waals surface area contributed by atoms with Crippen molar-refractivity contribution >= 4 is 23.1 Å². The summed E-state index contributed by atoms with van der Waals surface area (Å²) in [5.41, 5.74) is 2.87. The zero-order valence-electron chi connectivity index (χ0n) is 10.9. The van der Waals surface area contributed by atoms with E-state index in [1.807, 2.05) is 30.1 Å². The summed E-state index contributed by atoms with van der Waals surface area (Å²) in [6.45, 7) is 0. The number of thiazole rings is 1. The van der Waals surface area contributed by atoms with Gasteiger partial charge < -0.3 is 6.15 Å². The van der Waals surface area contributed by atoms with Crippen LogP contribution in [-0.2, 0) is 0 Å². The van der Waals surface area contributed by atoms with Gasteiger partial charge in [-0.3, -0.25) is 4.98 Å². The number of hydrogen-bond donors (Lipinski definition) is 1. The Labute approximate surface area is 125 Å². The van der Waals surface area contributed by atoms with E-state index in [4.69, 9.17) is 0 Å². The molecule has 0 saturated heterocycles. The molecule has 7 heteroatoms. The van der Waals surface area contributed by atoms with E-state index in [2.05, 4.69) is 26.0 Å². The fourth-order valence-corrected chi connectivity index (χ4v) is 2.64. The van der Waals surface area contributed by atoms with Crippen molar-refractivity contribution in [1.82, 2.24) is 26.1 Å². The Morgan fingerprint density at radius 1 is 1.10 bits per heavy atom. The van der Waals surface area contributed by atoms with Gasteiger partial charge >= 0.3 is 0 Å². The summed E-state index contributed by atoms with van der Waals surface area (Å²) in [5.74, 6) is 0. The lowest BCUT2D eigenvalue weighted by molar-refractivity contribution is 0.975. The van der Waals surface area contributed by atoms with Gasteiger partial charge in [0.1, 0.15) is 5.01 Å². The van der Waals surface area contributed by atoms with Crippen molar-refractivity contribution in [3.05, 3.63) is 42.3 Å². The SMILES string of the molecule is CSc1nccc(-c2cncc(-c3nccs3)c2)n1.N. The summed E-state index contributed by atoms with van der Waals surface area (Å²) in [7, 11) is 0. The summed E-state index contributed by atoms with van der Waals surface area (Å²) in [5, 5.41) is 3.68. The van der Waals surface area contributed by atoms with E-state index in [9.17, 15) is 0 Å². The second-order valence-electron chi connectivity index (χ2n) is 3.73. The average Bonchev–Trinajstić information content (AvgIpc) is 3.02. The third-order valence-electron chi connectivity index (χ3n) is 2.53. The Morgan fingerprint density at radius 2 is 1.95 bits per heavy atom. The highest BCUT2D eigenvalue weighted by atomic mass is 32.2. The topological polar surface area (TPSA) is 86.6 Å². The fourth-order valence-electron chi connectivity index (χ4n) is 1.66. The maximum Gasteiger partial charge on any atom is 0.187 e. The highest BCUT2D eigenvalue weighted by Crippen LogP contribution is 2.25. The maximum absolute atomic E-state index is 4.48. The lowest BCUT2D eigenvalue weighted by Gasteiger charge is -2.03. The Morgan fingerprint density at radius 3 is 2.70 bits per heavy atom. The molecule has 3 N–H and O–H groups in total. The zero-order chi connectivity index (χ0) is 13.1. The lowest BCUT2D eigenvalue weighted by Crippen LogP contribution is -1.90. The first-order valence-electron chi connectivity index (χ1n) is 5.59. The summed E-state index contributed by atoms with van der Waals surface area (Å²) < 4.78 is 0. The minimum absolute atomic E-state index is 0. The Hall–Kier alpha value is -1.83. The van der Waals surface area contributed by atoms with Crippen LogP contribution in [0.4, 0.5) is 0 Å². The van der Waals surface area contributed by atoms with Gasteiger partial charge in [-0.15, -0.1) is 11.3 Å². The molecule has 0 aromatic carbocycles. The molecule has 3 aromatic heterocycles. The van der Waals surface area contributed by atoms with Crippen molar-refractivity contribution in [3.8, 4) is 21.8 Å². The van der Waals surface area contributed by atoms with Gasteiger partial charge in [-0.25, -0.2) is 15.0 Å². The first-order chi connectivity index (χ1) is 9.36. The van der Waals surface area contributed by atoms with Crippen molar-refractivity contribution in [3.63, 3.8) is 0 Å². The first-order valence-corrected chi connectivity index (χ1v) is 7.69. The third-order valence-corrected chi connectivity index (χ3v) is 3.91. The molecule has 0 atom stereocenters. The van der Waals surface area contributed by atoms with E-state index in [1.54, 1.807) is 23.7 Å². The van der Waals surface area contributed by atoms with Crippen LogP contribution in [0.5, 0.6) is 0 Å². The molecule has 0 aliphatic heterocycles. The van der Waals surface area contributed by atoms with Gasteiger partial charge in [0, 0.05) is 41.3 Å². The van der Waals surface area contributed by atoms with Gasteiger partial charge in [0.05, 0.1) is 5.69 Å². The average molecular weight is 303 g/mol. The maximum atomic E-state index is 4.48. The molecule has 0 bridgehead atoms. The van der Waals surface area contributed by atoms with Crippen LogP contribution in [-0.4, -0.2) is 26.2 Å². The molecule has 3 rings (SSSR count). The standard InChI is InChI=1S/C13H10N4S2.H3N/c1-18-13-16-3-2-11(17-13)9-6-10(8-14-7-9)12-15-4-5-19-12;/h2-8H,1H3;1H3. The van der Waals surface area contributed by atoms with Gasteiger partial charge in [0.15, 0.2) is 5.16 Å². The minimum Gasteiger partial charge on any atom is -0.344 e. The molecule has 102 valence electrons. The van der Waals surface area contributed by atoms with E-state index < -0.39 is 0 Å². The molecule has 20 heavy (non-hydrogen) atoms. The van der Waals surface area contributed by atoms with Crippen LogP contribution in [0.1, 0.15) is 0 Å². The molecule has 0 unspecified atom stereocenters. The molecule has 0 aliphatic carbocycles. The van der Waals surface area contributed by atoms with Gasteiger partial charge in [0.2, 0.25) is 0 Å². The van der Waals surface area contributed by atoms with E-state index in [0.29, 0.717) is 0 Å². The molecular formula is C13H13N5S2. The largest absolute Gasteiger partial charge is 0.344 e. The van der Waals surface area contributed by atoms with Crippen molar-refractivity contribution in [2.24, 2.45) is 0 Å². The molecule has 0 spiro atoms. The second kappa shape index (κ2) is 6.56. The molecule has 3 aromatic rings. The lowest BCUT2D eigenvalue weighted by atomic mass is 10.1. The van der Waals surface area contributed by atoms with Gasteiger partial charge in [-0.1, -0.05) is 11.8 Å². The van der Waals surface area contributed by atoms with E-state index in [1.165, 1.54) is 11.8 Å². The number of hydrogen-bond acceptors (Lipinski definition) is 7. The van der Waals surface area contributed by atoms with Crippen LogP contribution in [0, 0.1) is 0 Å². The Kier molecular flexibility index (Phi) is 4.78. The van der Waals surface area contributed by atoms with E-state index in [-0.39, 0.29) is 6.15 Å². The van der Waals surface area contributed by atoms with Crippen LogP contribution >= 0.6 is 23.1 Å². The normalized spacial score (nSPS) is 10.1. The molecule has 0 fully saturated rings. The summed E-state index contributed by atoms with van der Waals surface area (Å²) in [6.07, 6.45) is 9.15. The van der Waals surface area contributed by atoms with E-state index in [0.717, 1.165) is 27.0 Å². The van der Waals surface area contributed by atoms with Crippen LogP contribution in [0.3, 0.4) is 0 Å². The summed E-state index contributed by atoms with van der Waals surface area (Å²) in [4.78, 5) is 17.2. The number of pyridine rings is 1. The smallest absolute Gasteiger partial charge is 0.187 e. The van der Waals surface area contributed by atoms with Crippen LogP contribution in [0.15, 0.2) is 47.5 Å². The van der Waals surface area contributed by atoms with Crippen molar-refractivity contribution in [1.29, 1.82) is 0 Å². The predicted molar refractivity (Wildman–Crippen MR) is 83.2 cm³/mol. The number of aromatic nitrogens is 4. The molecule has 0 radical (unpaired) electrons. The Balaban J connectivity index is 0.00000147. The third kappa shape index (κ3) is 3.01. The number of thioether (sulfide) groups is 1. The van der Waals surface area contributed by atoms with Crippen molar-refractivity contribution in [2.45, 2.75) is 5.16 Å². The van der Waals surface area contributed by atoms with E-state index >= 15 is 0 Å². The molecular weight excluding hydrogens is 290 g/mol.